The summed E-state index contributed by atoms with van der Waals surface area (Å²) in [5, 5.41) is 8.75. The molecule has 1 aromatic carbocycles. The molecule has 0 N–H and O–H groups in total. The van der Waals surface area contributed by atoms with Crippen molar-refractivity contribution in [2.24, 2.45) is 0 Å². The largest absolute Gasteiger partial charge is 0.287 e. The second-order valence-electron chi connectivity index (χ2n) is 3.31. The first-order valence-electron chi connectivity index (χ1n) is 4.48. The average molecular weight is 253 g/mol. The van der Waals surface area contributed by atoms with Crippen molar-refractivity contribution < 1.29 is 0 Å². The zero-order valence-corrected chi connectivity index (χ0v) is 9.95. The van der Waals surface area contributed by atoms with Gasteiger partial charge < -0.3 is 0 Å². The molecule has 0 amide bonds. The predicted molar refractivity (Wildman–Crippen MR) is 60.7 cm³/mol. The van der Waals surface area contributed by atoms with E-state index in [1.807, 2.05) is 37.1 Å². The summed E-state index contributed by atoms with van der Waals surface area (Å²) >= 11 is 3.49. The number of benzene rings is 1. The van der Waals surface area contributed by atoms with Gasteiger partial charge in [-0.15, -0.1) is 0 Å². The molecule has 0 aromatic heterocycles. The minimum atomic E-state index is -0.0536. The van der Waals surface area contributed by atoms with Crippen molar-refractivity contribution in [1.82, 2.24) is 4.90 Å². The number of nitriles is 1. The second kappa shape index (κ2) is 5.14. The lowest BCUT2D eigenvalue weighted by atomic mass is 10.2. The van der Waals surface area contributed by atoms with Crippen molar-refractivity contribution in [2.75, 3.05) is 7.05 Å². The van der Waals surface area contributed by atoms with E-state index in [0.29, 0.717) is 0 Å². The predicted octanol–water partition coefficient (Wildman–Crippen LogP) is 2.79. The molecule has 0 aliphatic heterocycles. The SMILES string of the molecule is CC(C#N)N(C)Cc1ccccc1Br. The van der Waals surface area contributed by atoms with Crippen LogP contribution in [0.2, 0.25) is 0 Å². The van der Waals surface area contributed by atoms with Gasteiger partial charge in [0.1, 0.15) is 0 Å². The minimum absolute atomic E-state index is 0.0536. The van der Waals surface area contributed by atoms with Gasteiger partial charge in [0.25, 0.3) is 0 Å². The Balaban J connectivity index is 2.70. The molecular formula is C11H13BrN2. The Labute approximate surface area is 93.3 Å². The molecule has 1 atom stereocenters. The van der Waals surface area contributed by atoms with Gasteiger partial charge in [0.05, 0.1) is 12.1 Å². The zero-order chi connectivity index (χ0) is 10.6. The van der Waals surface area contributed by atoms with E-state index < -0.39 is 0 Å². The molecule has 0 aliphatic carbocycles. The second-order valence-corrected chi connectivity index (χ2v) is 4.17. The van der Waals surface area contributed by atoms with E-state index in [4.69, 9.17) is 5.26 Å². The smallest absolute Gasteiger partial charge is 0.0949 e. The molecule has 1 unspecified atom stereocenters. The van der Waals surface area contributed by atoms with Crippen LogP contribution in [0, 0.1) is 11.3 Å². The molecule has 3 heteroatoms. The fraction of sp³-hybridized carbons (Fsp3) is 0.364. The fourth-order valence-electron chi connectivity index (χ4n) is 1.13. The summed E-state index contributed by atoms with van der Waals surface area (Å²) in [4.78, 5) is 2.01. The van der Waals surface area contributed by atoms with Gasteiger partial charge >= 0.3 is 0 Å². The van der Waals surface area contributed by atoms with E-state index >= 15 is 0 Å². The molecule has 0 bridgehead atoms. The number of halogens is 1. The Hall–Kier alpha value is -0.850. The molecule has 0 saturated carbocycles. The molecule has 74 valence electrons. The summed E-state index contributed by atoms with van der Waals surface area (Å²) in [6.45, 7) is 2.69. The maximum Gasteiger partial charge on any atom is 0.0949 e. The molecule has 0 fully saturated rings. The Kier molecular flexibility index (Phi) is 4.12. The average Bonchev–Trinajstić information content (AvgIpc) is 2.20. The maximum atomic E-state index is 8.75. The molecule has 0 spiro atoms. The van der Waals surface area contributed by atoms with Gasteiger partial charge in [-0.1, -0.05) is 34.1 Å². The summed E-state index contributed by atoms with van der Waals surface area (Å²) in [5.41, 5.74) is 1.21. The zero-order valence-electron chi connectivity index (χ0n) is 8.37. The highest BCUT2D eigenvalue weighted by atomic mass is 79.9. The Bertz CT molecular complexity index is 343. The molecule has 0 heterocycles. The highest BCUT2D eigenvalue weighted by Crippen LogP contribution is 2.17. The molecule has 1 rings (SSSR count). The first-order chi connectivity index (χ1) is 6.65. The number of rotatable bonds is 3. The van der Waals surface area contributed by atoms with Crippen LogP contribution in [-0.4, -0.2) is 18.0 Å². The van der Waals surface area contributed by atoms with Crippen LogP contribution in [0.5, 0.6) is 0 Å². The fourth-order valence-corrected chi connectivity index (χ4v) is 1.54. The van der Waals surface area contributed by atoms with Crippen molar-refractivity contribution in [3.8, 4) is 6.07 Å². The standard InChI is InChI=1S/C11H13BrN2/c1-9(7-13)14(2)8-10-5-3-4-6-11(10)12/h3-6,9H,8H2,1-2H3. The maximum absolute atomic E-state index is 8.75. The van der Waals surface area contributed by atoms with Gasteiger partial charge in [0.15, 0.2) is 0 Å². The van der Waals surface area contributed by atoms with Crippen molar-refractivity contribution in [2.45, 2.75) is 19.5 Å². The van der Waals surface area contributed by atoms with Gasteiger partial charge in [0.2, 0.25) is 0 Å². The summed E-state index contributed by atoms with van der Waals surface area (Å²) < 4.78 is 1.09. The van der Waals surface area contributed by atoms with E-state index in [1.165, 1.54) is 5.56 Å². The van der Waals surface area contributed by atoms with Crippen molar-refractivity contribution in [3.63, 3.8) is 0 Å². The highest BCUT2D eigenvalue weighted by molar-refractivity contribution is 9.10. The first kappa shape index (κ1) is 11.2. The molecule has 0 saturated heterocycles. The van der Waals surface area contributed by atoms with Crippen LogP contribution in [-0.2, 0) is 6.54 Å². The van der Waals surface area contributed by atoms with Crippen molar-refractivity contribution in [1.29, 1.82) is 5.26 Å². The third-order valence-corrected chi connectivity index (χ3v) is 3.00. The summed E-state index contributed by atoms with van der Waals surface area (Å²) in [5.74, 6) is 0. The van der Waals surface area contributed by atoms with Gasteiger partial charge in [-0.25, -0.2) is 0 Å². The Morgan fingerprint density at radius 3 is 2.71 bits per heavy atom. The third kappa shape index (κ3) is 2.83. The van der Waals surface area contributed by atoms with E-state index in [9.17, 15) is 0 Å². The van der Waals surface area contributed by atoms with Crippen LogP contribution < -0.4 is 0 Å². The lowest BCUT2D eigenvalue weighted by Gasteiger charge is -2.19. The number of hydrogen-bond donors (Lipinski definition) is 0. The lowest BCUT2D eigenvalue weighted by Crippen LogP contribution is -2.27. The van der Waals surface area contributed by atoms with Gasteiger partial charge in [-0.05, 0) is 25.6 Å². The summed E-state index contributed by atoms with van der Waals surface area (Å²) in [6.07, 6.45) is 0. The van der Waals surface area contributed by atoms with Crippen LogP contribution in [0.4, 0.5) is 0 Å². The Morgan fingerprint density at radius 2 is 2.14 bits per heavy atom. The van der Waals surface area contributed by atoms with Gasteiger partial charge in [-0.2, -0.15) is 5.26 Å². The van der Waals surface area contributed by atoms with E-state index in [-0.39, 0.29) is 6.04 Å². The molecule has 2 nitrogen and oxygen atoms in total. The summed E-state index contributed by atoms with van der Waals surface area (Å²) in [6, 6.07) is 10.2. The topological polar surface area (TPSA) is 27.0 Å². The monoisotopic (exact) mass is 252 g/mol. The number of nitrogens with zero attached hydrogens (tertiary/aromatic N) is 2. The van der Waals surface area contributed by atoms with Crippen LogP contribution in [0.25, 0.3) is 0 Å². The molecule has 0 radical (unpaired) electrons. The highest BCUT2D eigenvalue weighted by Gasteiger charge is 2.09. The molecular weight excluding hydrogens is 240 g/mol. The van der Waals surface area contributed by atoms with Gasteiger partial charge in [-0.3, -0.25) is 4.90 Å². The Morgan fingerprint density at radius 1 is 1.50 bits per heavy atom. The van der Waals surface area contributed by atoms with Crippen LogP contribution in [0.3, 0.4) is 0 Å². The molecule has 1 aromatic rings. The van der Waals surface area contributed by atoms with Crippen LogP contribution in [0.15, 0.2) is 28.7 Å². The minimum Gasteiger partial charge on any atom is -0.287 e. The first-order valence-corrected chi connectivity index (χ1v) is 5.27. The van der Waals surface area contributed by atoms with E-state index in [0.717, 1.165) is 11.0 Å². The lowest BCUT2D eigenvalue weighted by molar-refractivity contribution is 0.294. The molecule has 14 heavy (non-hydrogen) atoms. The van der Waals surface area contributed by atoms with E-state index in [1.54, 1.807) is 0 Å². The summed E-state index contributed by atoms with van der Waals surface area (Å²) in [7, 11) is 1.95. The van der Waals surface area contributed by atoms with Crippen LogP contribution >= 0.6 is 15.9 Å². The molecule has 0 aliphatic rings. The third-order valence-electron chi connectivity index (χ3n) is 2.23. The normalized spacial score (nSPS) is 12.5. The number of hydrogen-bond acceptors (Lipinski definition) is 2. The van der Waals surface area contributed by atoms with Crippen molar-refractivity contribution >= 4 is 15.9 Å². The van der Waals surface area contributed by atoms with Gasteiger partial charge in [0, 0.05) is 11.0 Å². The van der Waals surface area contributed by atoms with E-state index in [2.05, 4.69) is 28.1 Å². The van der Waals surface area contributed by atoms with Crippen molar-refractivity contribution in [3.05, 3.63) is 34.3 Å². The van der Waals surface area contributed by atoms with Crippen LogP contribution in [0.1, 0.15) is 12.5 Å². The quantitative estimate of drug-likeness (QED) is 0.828.